The number of nitrogens with one attached hydrogen (secondary N) is 1. The lowest BCUT2D eigenvalue weighted by atomic mass is 9.86. The van der Waals surface area contributed by atoms with Gasteiger partial charge in [0, 0.05) is 19.5 Å². The molecule has 1 heterocycles. The molecule has 0 bridgehead atoms. The standard InChI is InChI=1S/C14H23N3O2/c1-3-11-8-12(17(2)16-11)14(19)15-9-10-6-4-5-7-13(10)18/h8,10,13,18H,3-7,9H2,1-2H3,(H,15,19). The molecular weight excluding hydrogens is 242 g/mol. The smallest absolute Gasteiger partial charge is 0.269 e. The van der Waals surface area contributed by atoms with Crippen LogP contribution in [0.1, 0.15) is 48.8 Å². The molecule has 0 aromatic carbocycles. The molecule has 0 saturated heterocycles. The first-order valence-electron chi connectivity index (χ1n) is 7.11. The minimum absolute atomic E-state index is 0.104. The number of amides is 1. The highest BCUT2D eigenvalue weighted by Crippen LogP contribution is 2.23. The molecule has 19 heavy (non-hydrogen) atoms. The molecule has 1 fully saturated rings. The van der Waals surface area contributed by atoms with Gasteiger partial charge in [0.15, 0.2) is 0 Å². The minimum atomic E-state index is -0.271. The largest absolute Gasteiger partial charge is 0.393 e. The van der Waals surface area contributed by atoms with E-state index in [2.05, 4.69) is 10.4 Å². The summed E-state index contributed by atoms with van der Waals surface area (Å²) in [5.41, 5.74) is 1.51. The first-order valence-corrected chi connectivity index (χ1v) is 7.11. The number of aryl methyl sites for hydroxylation is 2. The van der Waals surface area contributed by atoms with E-state index < -0.39 is 0 Å². The molecule has 2 atom stereocenters. The molecule has 1 aromatic heterocycles. The van der Waals surface area contributed by atoms with Gasteiger partial charge in [0.25, 0.3) is 5.91 Å². The first-order chi connectivity index (χ1) is 9.11. The van der Waals surface area contributed by atoms with Crippen molar-refractivity contribution in [3.05, 3.63) is 17.5 Å². The monoisotopic (exact) mass is 265 g/mol. The van der Waals surface area contributed by atoms with Gasteiger partial charge < -0.3 is 10.4 Å². The van der Waals surface area contributed by atoms with Crippen LogP contribution >= 0.6 is 0 Å². The van der Waals surface area contributed by atoms with E-state index in [9.17, 15) is 9.90 Å². The van der Waals surface area contributed by atoms with E-state index >= 15 is 0 Å². The van der Waals surface area contributed by atoms with E-state index in [1.807, 2.05) is 13.0 Å². The van der Waals surface area contributed by atoms with E-state index in [-0.39, 0.29) is 17.9 Å². The molecule has 5 nitrogen and oxygen atoms in total. The van der Waals surface area contributed by atoms with E-state index in [4.69, 9.17) is 0 Å². The molecule has 0 spiro atoms. The number of hydrogen-bond acceptors (Lipinski definition) is 3. The molecule has 1 aliphatic carbocycles. The Morgan fingerprint density at radius 1 is 1.53 bits per heavy atom. The normalized spacial score (nSPS) is 23.3. The average molecular weight is 265 g/mol. The Labute approximate surface area is 114 Å². The highest BCUT2D eigenvalue weighted by molar-refractivity contribution is 5.92. The molecule has 1 saturated carbocycles. The minimum Gasteiger partial charge on any atom is -0.393 e. The van der Waals surface area contributed by atoms with Crippen LogP contribution in [-0.4, -0.2) is 33.4 Å². The molecule has 0 aliphatic heterocycles. The van der Waals surface area contributed by atoms with Crippen LogP contribution in [-0.2, 0) is 13.5 Å². The van der Waals surface area contributed by atoms with Crippen LogP contribution in [0.15, 0.2) is 6.07 Å². The fourth-order valence-electron chi connectivity index (χ4n) is 2.65. The summed E-state index contributed by atoms with van der Waals surface area (Å²) in [7, 11) is 1.78. The third-order valence-electron chi connectivity index (χ3n) is 3.92. The molecule has 106 valence electrons. The van der Waals surface area contributed by atoms with Gasteiger partial charge in [-0.05, 0) is 25.3 Å². The zero-order valence-corrected chi connectivity index (χ0v) is 11.7. The highest BCUT2D eigenvalue weighted by atomic mass is 16.3. The van der Waals surface area contributed by atoms with Crippen molar-refractivity contribution in [3.8, 4) is 0 Å². The molecule has 2 rings (SSSR count). The van der Waals surface area contributed by atoms with Gasteiger partial charge in [-0.3, -0.25) is 9.48 Å². The predicted octanol–water partition coefficient (Wildman–Crippen LogP) is 1.26. The number of aliphatic hydroxyl groups excluding tert-OH is 1. The van der Waals surface area contributed by atoms with Gasteiger partial charge in [0.05, 0.1) is 11.8 Å². The molecule has 1 amide bonds. The average Bonchev–Trinajstić information content (AvgIpc) is 2.79. The number of hydrogen-bond donors (Lipinski definition) is 2. The van der Waals surface area contributed by atoms with Crippen molar-refractivity contribution >= 4 is 5.91 Å². The van der Waals surface area contributed by atoms with Gasteiger partial charge in [-0.1, -0.05) is 19.8 Å². The maximum absolute atomic E-state index is 12.1. The summed E-state index contributed by atoms with van der Waals surface area (Å²) in [6, 6.07) is 1.83. The van der Waals surface area contributed by atoms with Gasteiger partial charge in [-0.25, -0.2) is 0 Å². The quantitative estimate of drug-likeness (QED) is 0.861. The lowest BCUT2D eigenvalue weighted by Crippen LogP contribution is -2.37. The molecular formula is C14H23N3O2. The number of carbonyl (C=O) groups is 1. The Morgan fingerprint density at radius 2 is 2.26 bits per heavy atom. The lowest BCUT2D eigenvalue weighted by Gasteiger charge is -2.27. The van der Waals surface area contributed by atoms with Crippen molar-refractivity contribution in [2.75, 3.05) is 6.54 Å². The topological polar surface area (TPSA) is 67.2 Å². The Balaban J connectivity index is 1.91. The van der Waals surface area contributed by atoms with Crippen LogP contribution in [0.3, 0.4) is 0 Å². The third kappa shape index (κ3) is 3.35. The van der Waals surface area contributed by atoms with Crippen molar-refractivity contribution in [1.29, 1.82) is 0 Å². The second kappa shape index (κ2) is 6.19. The number of carbonyl (C=O) groups excluding carboxylic acids is 1. The molecule has 2 unspecified atom stereocenters. The summed E-state index contributed by atoms with van der Waals surface area (Å²) < 4.78 is 1.62. The SMILES string of the molecule is CCc1cc(C(=O)NCC2CCCCC2O)n(C)n1. The van der Waals surface area contributed by atoms with E-state index in [1.165, 1.54) is 0 Å². The van der Waals surface area contributed by atoms with Crippen LogP contribution in [0.4, 0.5) is 0 Å². The van der Waals surface area contributed by atoms with Crippen molar-refractivity contribution in [3.63, 3.8) is 0 Å². The van der Waals surface area contributed by atoms with Crippen molar-refractivity contribution in [2.24, 2.45) is 13.0 Å². The Kier molecular flexibility index (Phi) is 4.58. The summed E-state index contributed by atoms with van der Waals surface area (Å²) in [6.07, 6.45) is 4.63. The molecule has 1 aliphatic rings. The van der Waals surface area contributed by atoms with Crippen molar-refractivity contribution in [2.45, 2.75) is 45.1 Å². The Bertz CT molecular complexity index is 442. The summed E-state index contributed by atoms with van der Waals surface area (Å²) in [5, 5.41) is 17.1. The Morgan fingerprint density at radius 3 is 2.89 bits per heavy atom. The van der Waals surface area contributed by atoms with Crippen molar-refractivity contribution < 1.29 is 9.90 Å². The van der Waals surface area contributed by atoms with Crippen LogP contribution in [0.5, 0.6) is 0 Å². The second-order valence-corrected chi connectivity index (χ2v) is 5.32. The fourth-order valence-corrected chi connectivity index (χ4v) is 2.65. The highest BCUT2D eigenvalue weighted by Gasteiger charge is 2.24. The first kappa shape index (κ1) is 14.1. The van der Waals surface area contributed by atoms with E-state index in [0.717, 1.165) is 37.8 Å². The van der Waals surface area contributed by atoms with Crippen LogP contribution < -0.4 is 5.32 Å². The zero-order valence-electron chi connectivity index (χ0n) is 11.7. The fraction of sp³-hybridized carbons (Fsp3) is 0.714. The van der Waals surface area contributed by atoms with E-state index in [1.54, 1.807) is 11.7 Å². The summed E-state index contributed by atoms with van der Waals surface area (Å²) in [6.45, 7) is 2.56. The Hall–Kier alpha value is -1.36. The number of nitrogens with zero attached hydrogens (tertiary/aromatic N) is 2. The molecule has 1 aromatic rings. The lowest BCUT2D eigenvalue weighted by molar-refractivity contribution is 0.0660. The maximum atomic E-state index is 12.1. The molecule has 0 radical (unpaired) electrons. The number of aromatic nitrogens is 2. The van der Waals surface area contributed by atoms with Crippen LogP contribution in [0, 0.1) is 5.92 Å². The van der Waals surface area contributed by atoms with Gasteiger partial charge in [-0.15, -0.1) is 0 Å². The summed E-state index contributed by atoms with van der Waals surface area (Å²) in [4.78, 5) is 12.1. The van der Waals surface area contributed by atoms with Crippen LogP contribution in [0.25, 0.3) is 0 Å². The van der Waals surface area contributed by atoms with Gasteiger partial charge >= 0.3 is 0 Å². The van der Waals surface area contributed by atoms with Crippen molar-refractivity contribution in [1.82, 2.24) is 15.1 Å². The number of rotatable bonds is 4. The number of aliphatic hydroxyl groups is 1. The van der Waals surface area contributed by atoms with E-state index in [0.29, 0.717) is 12.2 Å². The zero-order chi connectivity index (χ0) is 13.8. The van der Waals surface area contributed by atoms with Gasteiger partial charge in [-0.2, -0.15) is 5.10 Å². The predicted molar refractivity (Wildman–Crippen MR) is 72.9 cm³/mol. The third-order valence-corrected chi connectivity index (χ3v) is 3.92. The second-order valence-electron chi connectivity index (χ2n) is 5.32. The summed E-state index contributed by atoms with van der Waals surface area (Å²) >= 11 is 0. The molecule has 5 heteroatoms. The van der Waals surface area contributed by atoms with Gasteiger partial charge in [0.2, 0.25) is 0 Å². The molecule has 2 N–H and O–H groups in total. The summed E-state index contributed by atoms with van der Waals surface area (Å²) in [5.74, 6) is 0.0871. The van der Waals surface area contributed by atoms with Crippen LogP contribution in [0.2, 0.25) is 0 Å². The maximum Gasteiger partial charge on any atom is 0.269 e. The van der Waals surface area contributed by atoms with Gasteiger partial charge in [0.1, 0.15) is 5.69 Å².